The van der Waals surface area contributed by atoms with E-state index in [2.05, 4.69) is 17.2 Å². The van der Waals surface area contributed by atoms with E-state index in [1.807, 2.05) is 24.3 Å². The third-order valence-corrected chi connectivity index (χ3v) is 3.06. The van der Waals surface area contributed by atoms with Gasteiger partial charge in [-0.2, -0.15) is 0 Å². The van der Waals surface area contributed by atoms with Gasteiger partial charge in [-0.05, 0) is 30.7 Å². The highest BCUT2D eigenvalue weighted by Crippen LogP contribution is 2.19. The lowest BCUT2D eigenvalue weighted by atomic mass is 10.3. The summed E-state index contributed by atoms with van der Waals surface area (Å²) in [6, 6.07) is 8.01. The Kier molecular flexibility index (Phi) is 4.10. The molecule has 86 valence electrons. The molecule has 0 aliphatic carbocycles. The molecule has 2 rings (SSSR count). The van der Waals surface area contributed by atoms with Crippen LogP contribution < -0.4 is 10.1 Å². The van der Waals surface area contributed by atoms with Crippen molar-refractivity contribution in [1.82, 2.24) is 0 Å². The Hall–Kier alpha value is -1.16. The molecule has 0 fully saturated rings. The van der Waals surface area contributed by atoms with Gasteiger partial charge in [0.25, 0.3) is 0 Å². The number of nitrogens with zero attached hydrogens (tertiary/aromatic N) is 1. The van der Waals surface area contributed by atoms with Crippen molar-refractivity contribution in [3.63, 3.8) is 0 Å². The van der Waals surface area contributed by atoms with E-state index in [4.69, 9.17) is 4.74 Å². The average molecular weight is 236 g/mol. The van der Waals surface area contributed by atoms with Gasteiger partial charge in [-0.3, -0.25) is 4.99 Å². The maximum atomic E-state index is 5.52. The summed E-state index contributed by atoms with van der Waals surface area (Å²) in [6.45, 7) is 3.80. The monoisotopic (exact) mass is 236 g/mol. The van der Waals surface area contributed by atoms with E-state index in [1.54, 1.807) is 11.8 Å². The minimum atomic E-state index is 0.773. The first-order chi connectivity index (χ1) is 7.88. The molecule has 1 N–H and O–H groups in total. The third kappa shape index (κ3) is 3.17. The van der Waals surface area contributed by atoms with Gasteiger partial charge in [-0.25, -0.2) is 0 Å². The molecule has 0 unspecified atom stereocenters. The second-order valence-electron chi connectivity index (χ2n) is 3.53. The molecule has 0 bridgehead atoms. The predicted octanol–water partition coefficient (Wildman–Crippen LogP) is 2.99. The Morgan fingerprint density at radius 3 is 2.81 bits per heavy atom. The highest BCUT2D eigenvalue weighted by atomic mass is 32.2. The zero-order valence-corrected chi connectivity index (χ0v) is 10.2. The van der Waals surface area contributed by atoms with Gasteiger partial charge in [-0.15, -0.1) is 0 Å². The molecule has 0 saturated heterocycles. The van der Waals surface area contributed by atoms with Crippen LogP contribution in [0.2, 0.25) is 0 Å². The molecule has 3 nitrogen and oxygen atoms in total. The summed E-state index contributed by atoms with van der Waals surface area (Å²) in [6.07, 6.45) is 1.04. The Labute approximate surface area is 100 Å². The molecule has 1 aromatic carbocycles. The van der Waals surface area contributed by atoms with Crippen LogP contribution in [0.1, 0.15) is 13.3 Å². The van der Waals surface area contributed by atoms with Gasteiger partial charge in [0.2, 0.25) is 0 Å². The lowest BCUT2D eigenvalue weighted by molar-refractivity contribution is 0.317. The van der Waals surface area contributed by atoms with Crippen LogP contribution in [0.3, 0.4) is 0 Å². The van der Waals surface area contributed by atoms with E-state index < -0.39 is 0 Å². The van der Waals surface area contributed by atoms with E-state index in [0.717, 1.165) is 41.9 Å². The van der Waals surface area contributed by atoms with Crippen LogP contribution in [-0.2, 0) is 0 Å². The lowest BCUT2D eigenvalue weighted by Gasteiger charge is -2.07. The summed E-state index contributed by atoms with van der Waals surface area (Å²) < 4.78 is 5.52. The van der Waals surface area contributed by atoms with Gasteiger partial charge in [0, 0.05) is 11.4 Å². The molecular weight excluding hydrogens is 220 g/mol. The summed E-state index contributed by atoms with van der Waals surface area (Å²) in [7, 11) is 0. The molecule has 0 aromatic heterocycles. The van der Waals surface area contributed by atoms with Gasteiger partial charge in [0.1, 0.15) is 5.75 Å². The van der Waals surface area contributed by atoms with Gasteiger partial charge in [0.05, 0.1) is 13.2 Å². The molecule has 0 spiro atoms. The standard InChI is InChI=1S/C12H16N2OS/c1-2-8-15-11-5-3-10(4-6-11)14-12-13-7-9-16-12/h3-6H,2,7-9H2,1H3,(H,13,14). The molecule has 0 radical (unpaired) electrons. The number of benzene rings is 1. The van der Waals surface area contributed by atoms with Crippen molar-refractivity contribution in [3.8, 4) is 5.75 Å². The molecule has 0 amide bonds. The largest absolute Gasteiger partial charge is 0.494 e. The maximum Gasteiger partial charge on any atom is 0.161 e. The van der Waals surface area contributed by atoms with Crippen molar-refractivity contribution < 1.29 is 4.74 Å². The van der Waals surface area contributed by atoms with Crippen LogP contribution in [0.4, 0.5) is 5.69 Å². The molecule has 1 aliphatic heterocycles. The first kappa shape index (κ1) is 11.3. The Morgan fingerprint density at radius 2 is 2.19 bits per heavy atom. The van der Waals surface area contributed by atoms with E-state index >= 15 is 0 Å². The van der Waals surface area contributed by atoms with Crippen LogP contribution >= 0.6 is 11.8 Å². The topological polar surface area (TPSA) is 33.6 Å². The van der Waals surface area contributed by atoms with E-state index in [1.165, 1.54) is 0 Å². The molecule has 0 atom stereocenters. The second kappa shape index (κ2) is 5.80. The molecule has 4 heteroatoms. The van der Waals surface area contributed by atoms with Gasteiger partial charge in [0.15, 0.2) is 5.17 Å². The van der Waals surface area contributed by atoms with E-state index in [-0.39, 0.29) is 0 Å². The number of hydrogen-bond acceptors (Lipinski definition) is 4. The van der Waals surface area contributed by atoms with Crippen molar-refractivity contribution >= 4 is 22.6 Å². The maximum absolute atomic E-state index is 5.52. The number of anilines is 1. The van der Waals surface area contributed by atoms with Crippen LogP contribution in [-0.4, -0.2) is 24.1 Å². The highest BCUT2D eigenvalue weighted by Gasteiger charge is 2.06. The first-order valence-corrected chi connectivity index (χ1v) is 6.54. The minimum Gasteiger partial charge on any atom is -0.494 e. The molecule has 16 heavy (non-hydrogen) atoms. The summed E-state index contributed by atoms with van der Waals surface area (Å²) in [5.41, 5.74) is 1.07. The number of thioether (sulfide) groups is 1. The highest BCUT2D eigenvalue weighted by molar-refractivity contribution is 8.14. The quantitative estimate of drug-likeness (QED) is 0.872. The lowest BCUT2D eigenvalue weighted by Crippen LogP contribution is -2.04. The number of nitrogens with one attached hydrogen (secondary N) is 1. The number of rotatable bonds is 4. The van der Waals surface area contributed by atoms with E-state index in [0.29, 0.717) is 0 Å². The number of ether oxygens (including phenoxy) is 1. The molecule has 0 saturated carbocycles. The van der Waals surface area contributed by atoms with Crippen LogP contribution in [0.25, 0.3) is 0 Å². The Morgan fingerprint density at radius 1 is 1.38 bits per heavy atom. The average Bonchev–Trinajstić information content (AvgIpc) is 2.81. The third-order valence-electron chi connectivity index (χ3n) is 2.16. The molecule has 1 aliphatic rings. The van der Waals surface area contributed by atoms with Gasteiger partial charge < -0.3 is 10.1 Å². The zero-order valence-electron chi connectivity index (χ0n) is 9.40. The normalized spacial score (nSPS) is 14.7. The van der Waals surface area contributed by atoms with Crippen LogP contribution in [0, 0.1) is 0 Å². The summed E-state index contributed by atoms with van der Waals surface area (Å²) >= 11 is 1.76. The van der Waals surface area contributed by atoms with Gasteiger partial charge in [-0.1, -0.05) is 18.7 Å². The fourth-order valence-corrected chi connectivity index (χ4v) is 2.14. The molecular formula is C12H16N2OS. The van der Waals surface area contributed by atoms with Crippen molar-refractivity contribution in [1.29, 1.82) is 0 Å². The summed E-state index contributed by atoms with van der Waals surface area (Å²) in [4.78, 5) is 4.34. The van der Waals surface area contributed by atoms with Gasteiger partial charge >= 0.3 is 0 Å². The van der Waals surface area contributed by atoms with Crippen molar-refractivity contribution in [2.45, 2.75) is 13.3 Å². The predicted molar refractivity (Wildman–Crippen MR) is 70.6 cm³/mol. The summed E-state index contributed by atoms with van der Waals surface area (Å²) in [5, 5.41) is 4.30. The zero-order chi connectivity index (χ0) is 11.2. The molecule has 1 aromatic rings. The second-order valence-corrected chi connectivity index (χ2v) is 4.62. The fraction of sp³-hybridized carbons (Fsp3) is 0.417. The Bertz CT molecular complexity index is 362. The van der Waals surface area contributed by atoms with Crippen molar-refractivity contribution in [3.05, 3.63) is 24.3 Å². The number of aliphatic imine (C=N–C) groups is 1. The minimum absolute atomic E-state index is 0.773. The van der Waals surface area contributed by atoms with Crippen molar-refractivity contribution in [2.75, 3.05) is 24.2 Å². The first-order valence-electron chi connectivity index (χ1n) is 5.55. The van der Waals surface area contributed by atoms with Crippen molar-refractivity contribution in [2.24, 2.45) is 4.99 Å². The van der Waals surface area contributed by atoms with Crippen LogP contribution in [0.15, 0.2) is 29.3 Å². The SMILES string of the molecule is CCCOc1ccc(NC2=NCCS2)cc1. The number of amidine groups is 1. The smallest absolute Gasteiger partial charge is 0.161 e. The van der Waals surface area contributed by atoms with E-state index in [9.17, 15) is 0 Å². The summed E-state index contributed by atoms with van der Waals surface area (Å²) in [5.74, 6) is 2.01. The molecule has 1 heterocycles. The van der Waals surface area contributed by atoms with Crippen LogP contribution in [0.5, 0.6) is 5.75 Å². The Balaban J connectivity index is 1.91. The fourth-order valence-electron chi connectivity index (χ4n) is 1.39. The number of hydrogen-bond donors (Lipinski definition) is 1.